The molecule has 3 rings (SSSR count). The van der Waals surface area contributed by atoms with Crippen LogP contribution in [-0.4, -0.2) is 63.7 Å². The van der Waals surface area contributed by atoms with E-state index in [1.54, 1.807) is 30.3 Å². The Hall–Kier alpha value is -2.50. The number of amides is 1. The van der Waals surface area contributed by atoms with Crippen molar-refractivity contribution in [2.45, 2.75) is 17.7 Å². The number of carbonyl (C=O) groups excluding carboxylic acids is 1. The van der Waals surface area contributed by atoms with E-state index in [2.05, 4.69) is 10.3 Å². The Balaban J connectivity index is 1.54. The quantitative estimate of drug-likeness (QED) is 0.625. The third-order valence-corrected chi connectivity index (χ3v) is 7.71. The SMILES string of the molecule is CS(=O)(=O)CCOc1cccc(NC(=O)C2CCN(S(=O)(=O)c3cccnc3)CC2)c1. The smallest absolute Gasteiger partial charge is 0.244 e. The van der Waals surface area contributed by atoms with Crippen LogP contribution in [0.5, 0.6) is 5.75 Å². The highest BCUT2D eigenvalue weighted by atomic mass is 32.2. The molecule has 1 saturated heterocycles. The molecule has 11 heteroatoms. The van der Waals surface area contributed by atoms with Gasteiger partial charge in [0, 0.05) is 49.4 Å². The number of nitrogens with one attached hydrogen (secondary N) is 1. The zero-order chi connectivity index (χ0) is 22.5. The number of benzene rings is 1. The Morgan fingerprint density at radius 3 is 2.55 bits per heavy atom. The molecule has 1 aromatic carbocycles. The highest BCUT2D eigenvalue weighted by Crippen LogP contribution is 2.25. The van der Waals surface area contributed by atoms with Gasteiger partial charge in [-0.3, -0.25) is 9.78 Å². The van der Waals surface area contributed by atoms with Crippen molar-refractivity contribution in [1.82, 2.24) is 9.29 Å². The lowest BCUT2D eigenvalue weighted by Gasteiger charge is -2.30. The van der Waals surface area contributed by atoms with Crippen molar-refractivity contribution in [3.05, 3.63) is 48.8 Å². The van der Waals surface area contributed by atoms with Gasteiger partial charge in [0.2, 0.25) is 15.9 Å². The summed E-state index contributed by atoms with van der Waals surface area (Å²) >= 11 is 0. The highest BCUT2D eigenvalue weighted by Gasteiger charge is 2.32. The van der Waals surface area contributed by atoms with Crippen LogP contribution >= 0.6 is 0 Å². The molecule has 1 aliphatic rings. The standard InChI is InChI=1S/C20H25N3O6S2/c1-30(25,26)13-12-29-18-5-2-4-17(14-18)22-20(24)16-7-10-23(11-8-16)31(27,28)19-6-3-9-21-15-19/h2-6,9,14-16H,7-8,10-13H2,1H3,(H,22,24). The van der Waals surface area contributed by atoms with Crippen LogP contribution < -0.4 is 10.1 Å². The molecular weight excluding hydrogens is 442 g/mol. The summed E-state index contributed by atoms with van der Waals surface area (Å²) in [5.74, 6) is -0.134. The van der Waals surface area contributed by atoms with E-state index < -0.39 is 19.9 Å². The molecule has 0 aliphatic carbocycles. The molecular formula is C20H25N3O6S2. The van der Waals surface area contributed by atoms with Crippen LogP contribution in [0, 0.1) is 5.92 Å². The summed E-state index contributed by atoms with van der Waals surface area (Å²) in [5.41, 5.74) is 0.535. The lowest BCUT2D eigenvalue weighted by molar-refractivity contribution is -0.120. The number of aromatic nitrogens is 1. The summed E-state index contributed by atoms with van der Waals surface area (Å²) in [6.07, 6.45) is 4.80. The third kappa shape index (κ3) is 6.49. The first kappa shape index (κ1) is 23.2. The zero-order valence-corrected chi connectivity index (χ0v) is 18.7. The first-order valence-electron chi connectivity index (χ1n) is 9.77. The summed E-state index contributed by atoms with van der Waals surface area (Å²) in [4.78, 5) is 16.6. The molecule has 1 aliphatic heterocycles. The summed E-state index contributed by atoms with van der Waals surface area (Å²) in [6, 6.07) is 9.80. The lowest BCUT2D eigenvalue weighted by atomic mass is 9.97. The van der Waals surface area contributed by atoms with Crippen molar-refractivity contribution in [2.24, 2.45) is 5.92 Å². The largest absolute Gasteiger partial charge is 0.492 e. The maximum absolute atomic E-state index is 12.7. The number of pyridine rings is 1. The summed E-state index contributed by atoms with van der Waals surface area (Å²) < 4.78 is 54.5. The number of nitrogens with zero attached hydrogens (tertiary/aromatic N) is 2. The van der Waals surface area contributed by atoms with Gasteiger partial charge in [0.25, 0.3) is 0 Å². The lowest BCUT2D eigenvalue weighted by Crippen LogP contribution is -2.41. The second kappa shape index (κ2) is 9.75. The van der Waals surface area contributed by atoms with E-state index in [4.69, 9.17) is 4.74 Å². The Morgan fingerprint density at radius 2 is 1.90 bits per heavy atom. The van der Waals surface area contributed by atoms with Gasteiger partial charge in [0.05, 0.1) is 5.75 Å². The molecule has 9 nitrogen and oxygen atoms in total. The molecule has 1 N–H and O–H groups in total. The molecule has 0 radical (unpaired) electrons. The summed E-state index contributed by atoms with van der Waals surface area (Å²) in [5, 5.41) is 2.83. The number of sulfonamides is 1. The van der Waals surface area contributed by atoms with Gasteiger partial charge < -0.3 is 10.1 Å². The van der Waals surface area contributed by atoms with Crippen LogP contribution in [0.1, 0.15) is 12.8 Å². The number of anilines is 1. The van der Waals surface area contributed by atoms with E-state index in [-0.39, 0.29) is 42.2 Å². The minimum absolute atomic E-state index is 0.0279. The predicted octanol–water partition coefficient (Wildman–Crippen LogP) is 1.54. The molecule has 1 aromatic heterocycles. The van der Waals surface area contributed by atoms with Crippen molar-refractivity contribution in [1.29, 1.82) is 0 Å². The molecule has 0 unspecified atom stereocenters. The summed E-state index contributed by atoms with van der Waals surface area (Å²) in [7, 11) is -6.73. The van der Waals surface area contributed by atoms with Crippen molar-refractivity contribution in [3.8, 4) is 5.75 Å². The molecule has 168 valence electrons. The maximum atomic E-state index is 12.7. The average Bonchev–Trinajstić information content (AvgIpc) is 2.74. The van der Waals surface area contributed by atoms with E-state index in [9.17, 15) is 21.6 Å². The fourth-order valence-corrected chi connectivity index (χ4v) is 5.05. The van der Waals surface area contributed by atoms with Crippen LogP contribution in [0.4, 0.5) is 5.69 Å². The summed E-state index contributed by atoms with van der Waals surface area (Å²) in [6.45, 7) is 0.536. The number of piperidine rings is 1. The van der Waals surface area contributed by atoms with E-state index in [1.807, 2.05) is 0 Å². The molecule has 1 fully saturated rings. The molecule has 0 spiro atoms. The minimum atomic E-state index is -3.62. The van der Waals surface area contributed by atoms with Crippen LogP contribution in [0.3, 0.4) is 0 Å². The molecule has 1 amide bonds. The van der Waals surface area contributed by atoms with Gasteiger partial charge in [-0.05, 0) is 37.1 Å². The zero-order valence-electron chi connectivity index (χ0n) is 17.1. The Kier molecular flexibility index (Phi) is 7.29. The van der Waals surface area contributed by atoms with Crippen molar-refractivity contribution >= 4 is 31.5 Å². The van der Waals surface area contributed by atoms with Gasteiger partial charge in [0.1, 0.15) is 17.3 Å². The molecule has 2 aromatic rings. The van der Waals surface area contributed by atoms with Crippen molar-refractivity contribution < 1.29 is 26.4 Å². The van der Waals surface area contributed by atoms with Gasteiger partial charge in [-0.25, -0.2) is 16.8 Å². The van der Waals surface area contributed by atoms with Crippen molar-refractivity contribution in [3.63, 3.8) is 0 Å². The predicted molar refractivity (Wildman–Crippen MR) is 116 cm³/mol. The number of rotatable bonds is 8. The molecule has 0 saturated carbocycles. The Labute approximate surface area is 182 Å². The van der Waals surface area contributed by atoms with E-state index >= 15 is 0 Å². The van der Waals surface area contributed by atoms with E-state index in [0.717, 1.165) is 6.26 Å². The van der Waals surface area contributed by atoms with Crippen LogP contribution in [0.2, 0.25) is 0 Å². The van der Waals surface area contributed by atoms with E-state index in [0.29, 0.717) is 24.3 Å². The van der Waals surface area contributed by atoms with Crippen LogP contribution in [-0.2, 0) is 24.7 Å². The number of hydrogen-bond donors (Lipinski definition) is 1. The van der Waals surface area contributed by atoms with Gasteiger partial charge in [-0.15, -0.1) is 0 Å². The number of hydrogen-bond acceptors (Lipinski definition) is 7. The topological polar surface area (TPSA) is 123 Å². The van der Waals surface area contributed by atoms with Crippen molar-refractivity contribution in [2.75, 3.05) is 37.0 Å². The first-order valence-corrected chi connectivity index (χ1v) is 13.3. The number of ether oxygens (including phenoxy) is 1. The molecule has 31 heavy (non-hydrogen) atoms. The number of sulfone groups is 1. The van der Waals surface area contributed by atoms with Gasteiger partial charge in [0.15, 0.2) is 9.84 Å². The Morgan fingerprint density at radius 1 is 1.16 bits per heavy atom. The second-order valence-electron chi connectivity index (χ2n) is 7.36. The highest BCUT2D eigenvalue weighted by molar-refractivity contribution is 7.90. The van der Waals surface area contributed by atoms with Crippen LogP contribution in [0.15, 0.2) is 53.7 Å². The molecule has 0 bridgehead atoms. The van der Waals surface area contributed by atoms with E-state index in [1.165, 1.54) is 22.8 Å². The average molecular weight is 468 g/mol. The van der Waals surface area contributed by atoms with Crippen LogP contribution in [0.25, 0.3) is 0 Å². The normalized spacial score (nSPS) is 16.0. The Bertz CT molecular complexity index is 1110. The fourth-order valence-electron chi connectivity index (χ4n) is 3.23. The second-order valence-corrected chi connectivity index (χ2v) is 11.6. The minimum Gasteiger partial charge on any atom is -0.492 e. The number of carbonyl (C=O) groups is 1. The molecule has 0 atom stereocenters. The fraction of sp³-hybridized carbons (Fsp3) is 0.400. The van der Waals surface area contributed by atoms with Gasteiger partial charge in [-0.2, -0.15) is 4.31 Å². The first-order chi connectivity index (χ1) is 14.6. The molecule has 2 heterocycles. The monoisotopic (exact) mass is 467 g/mol. The van der Waals surface area contributed by atoms with Gasteiger partial charge in [-0.1, -0.05) is 6.07 Å². The third-order valence-electron chi connectivity index (χ3n) is 4.92. The van der Waals surface area contributed by atoms with Gasteiger partial charge >= 0.3 is 0 Å². The maximum Gasteiger partial charge on any atom is 0.244 e.